The number of carbonyl (C=O) groups is 2. The number of rotatable bonds is 2. The topological polar surface area (TPSA) is 80.3 Å². The minimum absolute atomic E-state index is 0. The van der Waals surface area contributed by atoms with Gasteiger partial charge in [-0.2, -0.15) is 0 Å². The molecule has 0 saturated heterocycles. The number of carbonyl (C=O) groups excluding carboxylic acids is 2. The summed E-state index contributed by atoms with van der Waals surface area (Å²) in [5, 5.41) is 20.8. The smallest absolute Gasteiger partial charge is 0.545 e. The van der Waals surface area contributed by atoms with E-state index in [9.17, 15) is 19.8 Å². The summed E-state index contributed by atoms with van der Waals surface area (Å²) in [7, 11) is 0. The largest absolute Gasteiger partial charge is 2.00 e. The van der Waals surface area contributed by atoms with Gasteiger partial charge in [0.2, 0.25) is 0 Å². The molecule has 0 amide bonds. The van der Waals surface area contributed by atoms with Crippen LogP contribution in [0.15, 0.2) is 11.1 Å². The molecule has 0 spiro atoms. The van der Waals surface area contributed by atoms with E-state index >= 15 is 0 Å². The van der Waals surface area contributed by atoms with Crippen LogP contribution in [-0.2, 0) is 9.59 Å². The Kier molecular flexibility index (Phi) is 5.60. The Labute approximate surface area is 106 Å². The predicted molar refractivity (Wildman–Crippen MR) is 41.3 cm³/mol. The van der Waals surface area contributed by atoms with Gasteiger partial charge in [0.1, 0.15) is 0 Å². The SMILES string of the molecule is O=C([O-])C1=C(C(=O)[O-])CCCC1.[Ca+2]. The van der Waals surface area contributed by atoms with Gasteiger partial charge in [0.15, 0.2) is 0 Å². The summed E-state index contributed by atoms with van der Waals surface area (Å²) in [5.74, 6) is -2.76. The molecule has 13 heavy (non-hydrogen) atoms. The van der Waals surface area contributed by atoms with Crippen molar-refractivity contribution in [3.8, 4) is 0 Å². The second-order valence-corrected chi connectivity index (χ2v) is 2.74. The van der Waals surface area contributed by atoms with Crippen LogP contribution in [-0.4, -0.2) is 49.7 Å². The van der Waals surface area contributed by atoms with E-state index < -0.39 is 11.9 Å². The van der Waals surface area contributed by atoms with Crippen molar-refractivity contribution in [3.63, 3.8) is 0 Å². The van der Waals surface area contributed by atoms with Crippen molar-refractivity contribution in [2.24, 2.45) is 0 Å². The first-order valence-corrected chi connectivity index (χ1v) is 3.77. The van der Waals surface area contributed by atoms with Crippen molar-refractivity contribution in [1.82, 2.24) is 0 Å². The molecule has 0 atom stereocenters. The van der Waals surface area contributed by atoms with E-state index in [0.717, 1.165) is 0 Å². The first-order chi connectivity index (χ1) is 5.63. The molecule has 0 aromatic carbocycles. The molecule has 5 heteroatoms. The van der Waals surface area contributed by atoms with Crippen LogP contribution >= 0.6 is 0 Å². The second kappa shape index (κ2) is 5.62. The summed E-state index contributed by atoms with van der Waals surface area (Å²) in [5.41, 5.74) is -0.192. The van der Waals surface area contributed by atoms with Gasteiger partial charge >= 0.3 is 37.7 Å². The number of carboxylic acids is 2. The van der Waals surface area contributed by atoms with Crippen molar-refractivity contribution in [1.29, 1.82) is 0 Å². The number of hydrogen-bond donors (Lipinski definition) is 0. The van der Waals surface area contributed by atoms with Crippen LogP contribution in [0, 0.1) is 0 Å². The van der Waals surface area contributed by atoms with Gasteiger partial charge in [0, 0.05) is 0 Å². The van der Waals surface area contributed by atoms with Crippen molar-refractivity contribution >= 4 is 49.7 Å². The van der Waals surface area contributed by atoms with Gasteiger partial charge in [-0.25, -0.2) is 0 Å². The molecule has 0 saturated carbocycles. The number of carboxylic acid groups (broad SMARTS) is 2. The van der Waals surface area contributed by atoms with Crippen molar-refractivity contribution in [2.75, 3.05) is 0 Å². The molecule has 4 nitrogen and oxygen atoms in total. The number of hydrogen-bond acceptors (Lipinski definition) is 4. The first-order valence-electron chi connectivity index (χ1n) is 3.77. The van der Waals surface area contributed by atoms with Crippen LogP contribution in [0.5, 0.6) is 0 Å². The summed E-state index contributed by atoms with van der Waals surface area (Å²) >= 11 is 0. The second-order valence-electron chi connectivity index (χ2n) is 2.74. The Morgan fingerprint density at radius 3 is 1.46 bits per heavy atom. The molecule has 0 aromatic heterocycles. The maximum atomic E-state index is 10.4. The fourth-order valence-corrected chi connectivity index (χ4v) is 1.36. The summed E-state index contributed by atoms with van der Waals surface area (Å²) in [6.07, 6.45) is 1.98. The monoisotopic (exact) mass is 208 g/mol. The standard InChI is InChI=1S/C8H10O4.Ca/c9-7(10)5-3-1-2-4-6(5)8(11)12;/h1-4H2,(H,9,10)(H,11,12);/q;+2/p-2. The molecule has 0 heterocycles. The van der Waals surface area contributed by atoms with Gasteiger partial charge in [-0.15, -0.1) is 0 Å². The third kappa shape index (κ3) is 3.29. The van der Waals surface area contributed by atoms with Crippen molar-refractivity contribution in [2.45, 2.75) is 25.7 Å². The molecular weight excluding hydrogens is 200 g/mol. The Bertz CT molecular complexity index is 231. The zero-order chi connectivity index (χ0) is 9.14. The molecule has 0 aromatic rings. The molecule has 0 bridgehead atoms. The Hall–Kier alpha value is -0.0603. The van der Waals surface area contributed by atoms with Crippen molar-refractivity contribution < 1.29 is 19.8 Å². The third-order valence-electron chi connectivity index (χ3n) is 1.96. The van der Waals surface area contributed by atoms with Crippen LogP contribution < -0.4 is 10.2 Å². The van der Waals surface area contributed by atoms with Crippen LogP contribution in [0.25, 0.3) is 0 Å². The summed E-state index contributed by atoms with van der Waals surface area (Å²) in [4.78, 5) is 20.8. The Morgan fingerprint density at radius 2 is 1.23 bits per heavy atom. The third-order valence-corrected chi connectivity index (χ3v) is 1.96. The molecule has 0 N–H and O–H groups in total. The molecule has 1 rings (SSSR count). The normalized spacial score (nSPS) is 16.3. The molecule has 0 unspecified atom stereocenters. The van der Waals surface area contributed by atoms with Gasteiger partial charge in [-0.3, -0.25) is 0 Å². The Balaban J connectivity index is 0.00000144. The molecule has 0 radical (unpaired) electrons. The van der Waals surface area contributed by atoms with Gasteiger partial charge in [-0.05, 0) is 36.8 Å². The molecular formula is C8H8CaO4. The van der Waals surface area contributed by atoms with Crippen LogP contribution in [0.2, 0.25) is 0 Å². The Morgan fingerprint density at radius 1 is 0.923 bits per heavy atom. The van der Waals surface area contributed by atoms with Crippen LogP contribution in [0.4, 0.5) is 0 Å². The van der Waals surface area contributed by atoms with Crippen molar-refractivity contribution in [3.05, 3.63) is 11.1 Å². The zero-order valence-electron chi connectivity index (χ0n) is 7.17. The van der Waals surface area contributed by atoms with Crippen LogP contribution in [0.1, 0.15) is 25.7 Å². The maximum absolute atomic E-state index is 10.4. The zero-order valence-corrected chi connectivity index (χ0v) is 9.38. The van der Waals surface area contributed by atoms with E-state index in [1.807, 2.05) is 0 Å². The van der Waals surface area contributed by atoms with Gasteiger partial charge in [0.05, 0.1) is 11.9 Å². The van der Waals surface area contributed by atoms with E-state index in [-0.39, 0.29) is 61.7 Å². The van der Waals surface area contributed by atoms with E-state index in [0.29, 0.717) is 12.8 Å². The van der Waals surface area contributed by atoms with Gasteiger partial charge in [0.25, 0.3) is 0 Å². The minimum Gasteiger partial charge on any atom is -0.545 e. The van der Waals surface area contributed by atoms with E-state index in [1.54, 1.807) is 0 Å². The first kappa shape index (κ1) is 12.9. The fourth-order valence-electron chi connectivity index (χ4n) is 1.36. The van der Waals surface area contributed by atoms with Gasteiger partial charge in [-0.1, -0.05) is 0 Å². The number of aliphatic carboxylic acids is 2. The minimum atomic E-state index is -1.38. The fraction of sp³-hybridized carbons (Fsp3) is 0.500. The molecule has 1 aliphatic carbocycles. The molecule has 0 aliphatic heterocycles. The summed E-state index contributed by atoms with van der Waals surface area (Å²) in [6.45, 7) is 0. The van der Waals surface area contributed by atoms with E-state index in [1.165, 1.54) is 0 Å². The van der Waals surface area contributed by atoms with E-state index in [2.05, 4.69) is 0 Å². The average Bonchev–Trinajstić information content (AvgIpc) is 2.04. The molecule has 66 valence electrons. The van der Waals surface area contributed by atoms with E-state index in [4.69, 9.17) is 0 Å². The predicted octanol–water partition coefficient (Wildman–Crippen LogP) is -2.02. The summed E-state index contributed by atoms with van der Waals surface area (Å²) < 4.78 is 0. The quantitative estimate of drug-likeness (QED) is 0.490. The van der Waals surface area contributed by atoms with Gasteiger partial charge < -0.3 is 19.8 Å². The molecule has 1 aliphatic rings. The van der Waals surface area contributed by atoms with Crippen LogP contribution in [0.3, 0.4) is 0 Å². The molecule has 0 fully saturated rings. The summed E-state index contributed by atoms with van der Waals surface area (Å²) in [6, 6.07) is 0. The average molecular weight is 208 g/mol. The maximum Gasteiger partial charge on any atom is 2.00 e.